The van der Waals surface area contributed by atoms with E-state index in [2.05, 4.69) is 31.1 Å². The third kappa shape index (κ3) is 4.00. The fraction of sp³-hybridized carbons (Fsp3) is 0.0556. The molecule has 0 spiro atoms. The lowest BCUT2D eigenvalue weighted by Gasteiger charge is -1.96. The van der Waals surface area contributed by atoms with Gasteiger partial charge in [0, 0.05) is 20.6 Å². The van der Waals surface area contributed by atoms with Crippen molar-refractivity contribution >= 4 is 39.3 Å². The van der Waals surface area contributed by atoms with Crippen molar-refractivity contribution in [2.75, 3.05) is 0 Å². The molecule has 0 saturated carbocycles. The van der Waals surface area contributed by atoms with Gasteiger partial charge in [-0.3, -0.25) is 0 Å². The molecule has 0 amide bonds. The number of hydrogen-bond donors (Lipinski definition) is 0. The van der Waals surface area contributed by atoms with Gasteiger partial charge in [-0.2, -0.15) is 0 Å². The summed E-state index contributed by atoms with van der Waals surface area (Å²) in [6.45, 7) is 0. The van der Waals surface area contributed by atoms with Gasteiger partial charge in [0.2, 0.25) is 11.8 Å². The second kappa shape index (κ2) is 7.65. The quantitative estimate of drug-likeness (QED) is 0.344. The van der Waals surface area contributed by atoms with E-state index >= 15 is 0 Å². The minimum atomic E-state index is 0.464. The number of thioether (sulfide) groups is 1. The molecule has 0 aliphatic rings. The second-order valence-corrected chi connectivity index (χ2v) is 7.58. The Morgan fingerprint density at radius 3 is 2.65 bits per heavy atom. The standard InChI is InChI=1S/C18H11BrClN3O2S/c19-13-3-1-2-12(8-13)17-22-23-18(25-17)26-10-16-21-9-15(24-16)11-4-6-14(20)7-5-11/h1-9H,10H2. The summed E-state index contributed by atoms with van der Waals surface area (Å²) in [5, 5.41) is 9.28. The second-order valence-electron chi connectivity index (χ2n) is 5.30. The van der Waals surface area contributed by atoms with E-state index in [-0.39, 0.29) is 0 Å². The number of hydrogen-bond acceptors (Lipinski definition) is 6. The van der Waals surface area contributed by atoms with E-state index in [4.69, 9.17) is 20.4 Å². The van der Waals surface area contributed by atoms with Gasteiger partial charge < -0.3 is 8.83 Å². The molecule has 130 valence electrons. The predicted octanol–water partition coefficient (Wildman–Crippen LogP) is 6.10. The first-order chi connectivity index (χ1) is 12.7. The summed E-state index contributed by atoms with van der Waals surface area (Å²) in [6, 6.07) is 15.1. The van der Waals surface area contributed by atoms with Crippen LogP contribution in [0.1, 0.15) is 5.89 Å². The van der Waals surface area contributed by atoms with Gasteiger partial charge in [-0.1, -0.05) is 45.4 Å². The zero-order valence-corrected chi connectivity index (χ0v) is 16.4. The van der Waals surface area contributed by atoms with Gasteiger partial charge in [-0.05, 0) is 42.5 Å². The first-order valence-corrected chi connectivity index (χ1v) is 9.76. The van der Waals surface area contributed by atoms with Crippen LogP contribution in [-0.2, 0) is 5.75 Å². The maximum Gasteiger partial charge on any atom is 0.277 e. The molecule has 4 rings (SSSR count). The molecule has 26 heavy (non-hydrogen) atoms. The monoisotopic (exact) mass is 447 g/mol. The molecular weight excluding hydrogens is 438 g/mol. The van der Waals surface area contributed by atoms with E-state index in [0.29, 0.717) is 33.5 Å². The molecule has 4 aromatic rings. The predicted molar refractivity (Wildman–Crippen MR) is 104 cm³/mol. The number of rotatable bonds is 5. The molecule has 2 aromatic carbocycles. The number of aromatic nitrogens is 3. The SMILES string of the molecule is Clc1ccc(-c2cnc(CSc3nnc(-c4cccc(Br)c4)o3)o2)cc1. The lowest BCUT2D eigenvalue weighted by Crippen LogP contribution is -1.79. The van der Waals surface area contributed by atoms with E-state index in [9.17, 15) is 0 Å². The highest BCUT2D eigenvalue weighted by Gasteiger charge is 2.12. The van der Waals surface area contributed by atoms with Crippen LogP contribution in [0.4, 0.5) is 0 Å². The summed E-state index contributed by atoms with van der Waals surface area (Å²) in [5.74, 6) is 2.25. The minimum absolute atomic E-state index is 0.464. The van der Waals surface area contributed by atoms with Crippen LogP contribution >= 0.6 is 39.3 Å². The third-order valence-corrected chi connectivity index (χ3v) is 5.03. The van der Waals surface area contributed by atoms with Crippen molar-refractivity contribution in [1.29, 1.82) is 0 Å². The summed E-state index contributed by atoms with van der Waals surface area (Å²) < 4.78 is 12.4. The average Bonchev–Trinajstić information content (AvgIpc) is 3.30. The van der Waals surface area contributed by atoms with Crippen molar-refractivity contribution in [3.05, 3.63) is 70.1 Å². The number of halogens is 2. The van der Waals surface area contributed by atoms with Crippen molar-refractivity contribution in [3.63, 3.8) is 0 Å². The average molecular weight is 449 g/mol. The summed E-state index contributed by atoms with van der Waals surface area (Å²) in [4.78, 5) is 4.29. The Morgan fingerprint density at radius 2 is 1.85 bits per heavy atom. The molecule has 0 atom stereocenters. The van der Waals surface area contributed by atoms with Gasteiger partial charge in [0.05, 0.1) is 11.9 Å². The number of oxazole rings is 1. The zero-order chi connectivity index (χ0) is 17.9. The summed E-state index contributed by atoms with van der Waals surface area (Å²) in [5.41, 5.74) is 1.78. The Balaban J connectivity index is 1.43. The molecule has 0 aliphatic heterocycles. The van der Waals surface area contributed by atoms with Gasteiger partial charge in [-0.25, -0.2) is 4.98 Å². The molecule has 0 radical (unpaired) electrons. The summed E-state index contributed by atoms with van der Waals surface area (Å²) >= 11 is 10.7. The maximum absolute atomic E-state index is 5.90. The molecule has 0 bridgehead atoms. The van der Waals surface area contributed by atoms with Crippen LogP contribution in [0.5, 0.6) is 0 Å². The van der Waals surface area contributed by atoms with Gasteiger partial charge in [-0.15, -0.1) is 10.2 Å². The fourth-order valence-corrected chi connectivity index (χ4v) is 3.40. The van der Waals surface area contributed by atoms with Crippen LogP contribution in [0.3, 0.4) is 0 Å². The molecular formula is C18H11BrClN3O2S. The van der Waals surface area contributed by atoms with E-state index < -0.39 is 0 Å². The van der Waals surface area contributed by atoms with Crippen molar-refractivity contribution in [3.8, 4) is 22.8 Å². The lowest BCUT2D eigenvalue weighted by molar-refractivity contribution is 0.464. The molecule has 5 nitrogen and oxygen atoms in total. The Labute approximate surface area is 166 Å². The summed E-state index contributed by atoms with van der Waals surface area (Å²) in [6.07, 6.45) is 1.69. The minimum Gasteiger partial charge on any atom is -0.440 e. The van der Waals surface area contributed by atoms with Crippen LogP contribution in [0.15, 0.2) is 73.3 Å². The highest BCUT2D eigenvalue weighted by Crippen LogP contribution is 2.28. The first kappa shape index (κ1) is 17.3. The third-order valence-electron chi connectivity index (χ3n) is 3.48. The highest BCUT2D eigenvalue weighted by atomic mass is 79.9. The normalized spacial score (nSPS) is 11.0. The smallest absolute Gasteiger partial charge is 0.277 e. The molecule has 0 N–H and O–H groups in total. The molecule has 0 aliphatic carbocycles. The Hall–Kier alpha value is -2.09. The van der Waals surface area contributed by atoms with Gasteiger partial charge in [0.1, 0.15) is 0 Å². The zero-order valence-electron chi connectivity index (χ0n) is 13.2. The van der Waals surface area contributed by atoms with Crippen LogP contribution in [-0.4, -0.2) is 15.2 Å². The van der Waals surface area contributed by atoms with Crippen molar-refractivity contribution in [2.24, 2.45) is 0 Å². The first-order valence-electron chi connectivity index (χ1n) is 7.60. The summed E-state index contributed by atoms with van der Waals surface area (Å²) in [7, 11) is 0. The molecule has 0 fully saturated rings. The molecule has 2 aromatic heterocycles. The number of nitrogens with zero attached hydrogens (tertiary/aromatic N) is 3. The van der Waals surface area contributed by atoms with Crippen molar-refractivity contribution in [2.45, 2.75) is 11.0 Å². The van der Waals surface area contributed by atoms with Crippen LogP contribution in [0.25, 0.3) is 22.8 Å². The van der Waals surface area contributed by atoms with Gasteiger partial charge >= 0.3 is 0 Å². The largest absolute Gasteiger partial charge is 0.440 e. The van der Waals surface area contributed by atoms with Crippen molar-refractivity contribution < 1.29 is 8.83 Å². The molecule has 2 heterocycles. The Bertz CT molecular complexity index is 1030. The van der Waals surface area contributed by atoms with Gasteiger partial charge in [0.15, 0.2) is 5.76 Å². The topological polar surface area (TPSA) is 65.0 Å². The van der Waals surface area contributed by atoms with Crippen LogP contribution in [0.2, 0.25) is 5.02 Å². The maximum atomic E-state index is 5.90. The van der Waals surface area contributed by atoms with E-state index in [1.807, 2.05) is 48.5 Å². The van der Waals surface area contributed by atoms with Crippen molar-refractivity contribution in [1.82, 2.24) is 15.2 Å². The molecule has 0 saturated heterocycles. The highest BCUT2D eigenvalue weighted by molar-refractivity contribution is 9.10. The fourth-order valence-electron chi connectivity index (χ4n) is 2.25. The number of benzene rings is 2. The van der Waals surface area contributed by atoms with Crippen LogP contribution < -0.4 is 0 Å². The Kier molecular flexibility index (Phi) is 5.10. The lowest BCUT2D eigenvalue weighted by atomic mass is 10.2. The Morgan fingerprint density at radius 1 is 1.00 bits per heavy atom. The van der Waals surface area contributed by atoms with E-state index in [0.717, 1.165) is 15.6 Å². The van der Waals surface area contributed by atoms with E-state index in [1.54, 1.807) is 6.20 Å². The molecule has 8 heteroatoms. The molecule has 0 unspecified atom stereocenters. The van der Waals surface area contributed by atoms with E-state index in [1.165, 1.54) is 11.8 Å². The van der Waals surface area contributed by atoms with Crippen LogP contribution in [0, 0.1) is 0 Å². The van der Waals surface area contributed by atoms with Gasteiger partial charge in [0.25, 0.3) is 5.22 Å².